The molecule has 0 aromatic heterocycles. The van der Waals surface area contributed by atoms with Gasteiger partial charge < -0.3 is 5.32 Å². The molecule has 5 rings (SSSR count). The second-order valence-corrected chi connectivity index (χ2v) is 7.35. The van der Waals surface area contributed by atoms with Crippen LogP contribution in [0.5, 0.6) is 0 Å². The molecule has 0 saturated heterocycles. The van der Waals surface area contributed by atoms with Crippen LogP contribution in [-0.4, -0.2) is 11.9 Å². The molecule has 4 aliphatic carbocycles. The third-order valence-corrected chi connectivity index (χ3v) is 5.83. The maximum atomic E-state index is 12.9. The van der Waals surface area contributed by atoms with E-state index in [4.69, 9.17) is 0 Å². The predicted molar refractivity (Wildman–Crippen MR) is 84.4 cm³/mol. The topological polar surface area (TPSA) is 29.1 Å². The summed E-state index contributed by atoms with van der Waals surface area (Å²) in [5, 5.41) is 3.24. The fraction of sp³-hybridized carbons (Fsp3) is 0.526. The zero-order valence-electron chi connectivity index (χ0n) is 12.7. The Morgan fingerprint density at radius 2 is 1.59 bits per heavy atom. The van der Waals surface area contributed by atoms with Crippen LogP contribution in [0.4, 0.5) is 4.39 Å². The Labute approximate surface area is 130 Å². The van der Waals surface area contributed by atoms with Gasteiger partial charge in [-0.05, 0) is 79.5 Å². The van der Waals surface area contributed by atoms with Gasteiger partial charge in [-0.15, -0.1) is 0 Å². The van der Waals surface area contributed by atoms with Crippen molar-refractivity contribution in [3.63, 3.8) is 0 Å². The standard InChI is InChI=1S/C19H22FNO/c20-17-4-1-12(2-5-17)3-6-18(22)21-19-15-8-13-7-14(10-15)11-16(19)9-13/h1-6,13-16,19H,7-11H2,(H,21,22)/b6-3+. The van der Waals surface area contributed by atoms with Crippen molar-refractivity contribution < 1.29 is 9.18 Å². The van der Waals surface area contributed by atoms with Crippen molar-refractivity contribution in [3.05, 3.63) is 41.7 Å². The van der Waals surface area contributed by atoms with Crippen LogP contribution in [0.25, 0.3) is 6.08 Å². The lowest BCUT2D eigenvalue weighted by Gasteiger charge is -2.54. The molecule has 1 aromatic carbocycles. The first-order chi connectivity index (χ1) is 10.7. The van der Waals surface area contributed by atoms with E-state index >= 15 is 0 Å². The second kappa shape index (κ2) is 5.53. The molecule has 0 heterocycles. The predicted octanol–water partition coefficient (Wildman–Crippen LogP) is 3.78. The Morgan fingerprint density at radius 1 is 1.00 bits per heavy atom. The smallest absolute Gasteiger partial charge is 0.244 e. The van der Waals surface area contributed by atoms with Gasteiger partial charge in [0.2, 0.25) is 5.91 Å². The third-order valence-electron chi connectivity index (χ3n) is 5.83. The summed E-state index contributed by atoms with van der Waals surface area (Å²) in [7, 11) is 0. The van der Waals surface area contributed by atoms with Crippen LogP contribution in [0, 0.1) is 29.5 Å². The highest BCUT2D eigenvalue weighted by Crippen LogP contribution is 2.53. The van der Waals surface area contributed by atoms with Gasteiger partial charge in [0, 0.05) is 12.1 Å². The zero-order chi connectivity index (χ0) is 15.1. The summed E-state index contributed by atoms with van der Waals surface area (Å²) in [6, 6.07) is 6.56. The van der Waals surface area contributed by atoms with Crippen molar-refractivity contribution in [2.24, 2.45) is 23.7 Å². The van der Waals surface area contributed by atoms with Crippen molar-refractivity contribution in [2.45, 2.75) is 38.1 Å². The molecule has 0 radical (unpaired) electrons. The van der Waals surface area contributed by atoms with Crippen LogP contribution >= 0.6 is 0 Å². The summed E-state index contributed by atoms with van der Waals surface area (Å²) >= 11 is 0. The van der Waals surface area contributed by atoms with Crippen LogP contribution in [0.15, 0.2) is 30.3 Å². The summed E-state index contributed by atoms with van der Waals surface area (Å²) in [6.07, 6.45) is 9.99. The highest BCUT2D eigenvalue weighted by atomic mass is 19.1. The number of rotatable bonds is 3. The minimum absolute atomic E-state index is 0.0122. The summed E-state index contributed by atoms with van der Waals surface area (Å²) in [5.74, 6) is 2.96. The number of amides is 1. The van der Waals surface area contributed by atoms with Gasteiger partial charge in [-0.25, -0.2) is 4.39 Å². The molecule has 2 nitrogen and oxygen atoms in total. The normalized spacial score (nSPS) is 36.0. The van der Waals surface area contributed by atoms with Crippen LogP contribution in [-0.2, 0) is 4.79 Å². The van der Waals surface area contributed by atoms with Gasteiger partial charge >= 0.3 is 0 Å². The van der Waals surface area contributed by atoms with E-state index in [1.165, 1.54) is 44.2 Å². The molecular weight excluding hydrogens is 277 g/mol. The molecule has 3 heteroatoms. The summed E-state index contributed by atoms with van der Waals surface area (Å²) < 4.78 is 12.9. The van der Waals surface area contributed by atoms with Crippen LogP contribution in [0.1, 0.15) is 37.7 Å². The summed E-state index contributed by atoms with van der Waals surface area (Å²) in [6.45, 7) is 0. The molecule has 22 heavy (non-hydrogen) atoms. The highest BCUT2D eigenvalue weighted by Gasteiger charge is 2.48. The first kappa shape index (κ1) is 14.0. The average Bonchev–Trinajstić information content (AvgIpc) is 2.50. The van der Waals surface area contributed by atoms with Gasteiger partial charge in [0.25, 0.3) is 0 Å². The van der Waals surface area contributed by atoms with Crippen molar-refractivity contribution in [1.29, 1.82) is 0 Å². The maximum absolute atomic E-state index is 12.9. The fourth-order valence-electron chi connectivity index (χ4n) is 5.12. The van der Waals surface area contributed by atoms with Gasteiger partial charge in [-0.1, -0.05) is 12.1 Å². The number of halogens is 1. The largest absolute Gasteiger partial charge is 0.349 e. The second-order valence-electron chi connectivity index (χ2n) is 7.35. The van der Waals surface area contributed by atoms with E-state index in [1.54, 1.807) is 24.3 Å². The molecule has 4 bridgehead atoms. The van der Waals surface area contributed by atoms with Crippen LogP contribution < -0.4 is 5.32 Å². The fourth-order valence-corrected chi connectivity index (χ4v) is 5.12. The Kier molecular flexibility index (Phi) is 3.51. The number of carbonyl (C=O) groups is 1. The highest BCUT2D eigenvalue weighted by molar-refractivity contribution is 5.91. The quantitative estimate of drug-likeness (QED) is 0.846. The first-order valence-corrected chi connectivity index (χ1v) is 8.41. The van der Waals surface area contributed by atoms with Gasteiger partial charge in [0.05, 0.1) is 0 Å². The monoisotopic (exact) mass is 299 g/mol. The number of nitrogens with one attached hydrogen (secondary N) is 1. The summed E-state index contributed by atoms with van der Waals surface area (Å²) in [4.78, 5) is 12.2. The van der Waals surface area contributed by atoms with Crippen molar-refractivity contribution in [3.8, 4) is 0 Å². The van der Waals surface area contributed by atoms with Gasteiger partial charge in [0.1, 0.15) is 5.82 Å². The lowest BCUT2D eigenvalue weighted by Crippen LogP contribution is -2.55. The lowest BCUT2D eigenvalue weighted by molar-refractivity contribution is -0.120. The Bertz CT molecular complexity index is 564. The maximum Gasteiger partial charge on any atom is 0.244 e. The first-order valence-electron chi connectivity index (χ1n) is 8.41. The SMILES string of the molecule is O=C(/C=C/c1ccc(F)cc1)NC1C2CC3CC(C2)CC1C3. The molecule has 116 valence electrons. The Hall–Kier alpha value is -1.64. The third kappa shape index (κ3) is 2.69. The minimum Gasteiger partial charge on any atom is -0.349 e. The van der Waals surface area contributed by atoms with E-state index < -0.39 is 0 Å². The number of carbonyl (C=O) groups excluding carboxylic acids is 1. The Balaban J connectivity index is 1.39. The molecule has 4 saturated carbocycles. The Morgan fingerprint density at radius 3 is 2.18 bits per heavy atom. The molecule has 0 atom stereocenters. The van der Waals surface area contributed by atoms with Crippen molar-refractivity contribution in [1.82, 2.24) is 5.32 Å². The summed E-state index contributed by atoms with van der Waals surface area (Å²) in [5.41, 5.74) is 0.849. The zero-order valence-corrected chi connectivity index (χ0v) is 12.7. The average molecular weight is 299 g/mol. The van der Waals surface area contributed by atoms with Crippen molar-refractivity contribution >= 4 is 12.0 Å². The molecule has 4 fully saturated rings. The van der Waals surface area contributed by atoms with E-state index in [2.05, 4.69) is 5.32 Å². The van der Waals surface area contributed by atoms with Crippen LogP contribution in [0.3, 0.4) is 0 Å². The van der Waals surface area contributed by atoms with E-state index in [0.29, 0.717) is 17.9 Å². The molecule has 0 unspecified atom stereocenters. The van der Waals surface area contributed by atoms with Gasteiger partial charge in [-0.2, -0.15) is 0 Å². The number of hydrogen-bond donors (Lipinski definition) is 1. The van der Waals surface area contributed by atoms with Crippen LogP contribution in [0.2, 0.25) is 0 Å². The molecule has 1 aromatic rings. The minimum atomic E-state index is -0.254. The van der Waals surface area contributed by atoms with E-state index in [0.717, 1.165) is 17.4 Å². The molecular formula is C19H22FNO. The molecule has 0 aliphatic heterocycles. The van der Waals surface area contributed by atoms with Crippen molar-refractivity contribution in [2.75, 3.05) is 0 Å². The van der Waals surface area contributed by atoms with Gasteiger partial charge in [-0.3, -0.25) is 4.79 Å². The molecule has 1 N–H and O–H groups in total. The van der Waals surface area contributed by atoms with E-state index in [9.17, 15) is 9.18 Å². The lowest BCUT2D eigenvalue weighted by atomic mass is 9.54. The number of hydrogen-bond acceptors (Lipinski definition) is 1. The van der Waals surface area contributed by atoms with Gasteiger partial charge in [0.15, 0.2) is 0 Å². The molecule has 0 spiro atoms. The number of benzene rings is 1. The molecule has 4 aliphatic rings. The van der Waals surface area contributed by atoms with E-state index in [-0.39, 0.29) is 11.7 Å². The molecule has 1 amide bonds. The van der Waals surface area contributed by atoms with E-state index in [1.807, 2.05) is 0 Å².